The summed E-state index contributed by atoms with van der Waals surface area (Å²) in [6.45, 7) is 3.48. The summed E-state index contributed by atoms with van der Waals surface area (Å²) in [4.78, 5) is 38.7. The number of carboxylic acids is 1. The molecule has 1 aliphatic rings. The van der Waals surface area contributed by atoms with Gasteiger partial charge in [0.2, 0.25) is 0 Å². The van der Waals surface area contributed by atoms with Crippen LogP contribution in [0.25, 0.3) is 11.0 Å². The lowest BCUT2D eigenvalue weighted by atomic mass is 10.0. The first-order valence-corrected chi connectivity index (χ1v) is 8.66. The third kappa shape index (κ3) is 3.31. The van der Waals surface area contributed by atoms with Gasteiger partial charge in [0.1, 0.15) is 6.04 Å². The second-order valence-corrected chi connectivity index (χ2v) is 7.00. The van der Waals surface area contributed by atoms with Crippen molar-refractivity contribution in [1.29, 1.82) is 0 Å². The first-order chi connectivity index (χ1) is 11.9. The highest BCUT2D eigenvalue weighted by molar-refractivity contribution is 5.99. The summed E-state index contributed by atoms with van der Waals surface area (Å²) in [6.07, 6.45) is 4.22. The van der Waals surface area contributed by atoms with E-state index in [0.29, 0.717) is 11.1 Å². The molecule has 1 fully saturated rings. The van der Waals surface area contributed by atoms with Gasteiger partial charge in [0.25, 0.3) is 5.91 Å². The van der Waals surface area contributed by atoms with E-state index in [4.69, 9.17) is 0 Å². The van der Waals surface area contributed by atoms with E-state index < -0.39 is 17.9 Å². The Bertz CT molecular complexity index is 859. The van der Waals surface area contributed by atoms with Crippen molar-refractivity contribution in [3.05, 3.63) is 34.2 Å². The summed E-state index contributed by atoms with van der Waals surface area (Å²) in [5.74, 6) is -1.75. The third-order valence-electron chi connectivity index (χ3n) is 4.89. The van der Waals surface area contributed by atoms with E-state index in [0.717, 1.165) is 31.2 Å². The average molecular weight is 345 g/mol. The second-order valence-electron chi connectivity index (χ2n) is 7.00. The molecule has 1 saturated carbocycles. The van der Waals surface area contributed by atoms with Gasteiger partial charge in [-0.3, -0.25) is 9.36 Å². The zero-order chi connectivity index (χ0) is 18.1. The van der Waals surface area contributed by atoms with Gasteiger partial charge in [0.05, 0.1) is 11.0 Å². The fraction of sp³-hybridized carbons (Fsp3) is 0.500. The highest BCUT2D eigenvalue weighted by Crippen LogP contribution is 2.30. The van der Waals surface area contributed by atoms with Crippen LogP contribution in [0, 0.1) is 5.92 Å². The number of H-pyrrole nitrogens is 1. The van der Waals surface area contributed by atoms with E-state index in [-0.39, 0.29) is 17.6 Å². The lowest BCUT2D eigenvalue weighted by molar-refractivity contribution is -0.140. The Hall–Kier alpha value is -2.57. The monoisotopic (exact) mass is 345 g/mol. The minimum atomic E-state index is -1.06. The largest absolute Gasteiger partial charge is 0.480 e. The molecule has 0 spiro atoms. The zero-order valence-electron chi connectivity index (χ0n) is 14.4. The van der Waals surface area contributed by atoms with E-state index in [2.05, 4.69) is 10.3 Å². The van der Waals surface area contributed by atoms with Gasteiger partial charge in [-0.05, 0) is 37.0 Å². The van der Waals surface area contributed by atoms with Crippen LogP contribution in [0.2, 0.25) is 0 Å². The Morgan fingerprint density at radius 1 is 1.28 bits per heavy atom. The molecule has 1 heterocycles. The van der Waals surface area contributed by atoms with E-state index in [1.165, 1.54) is 0 Å². The molecule has 7 heteroatoms. The Balaban J connectivity index is 1.90. The van der Waals surface area contributed by atoms with Crippen LogP contribution in [0.4, 0.5) is 0 Å². The molecule has 0 aliphatic heterocycles. The van der Waals surface area contributed by atoms with E-state index in [1.807, 2.05) is 0 Å². The number of nitrogens with zero attached hydrogens (tertiary/aromatic N) is 1. The number of nitrogens with one attached hydrogen (secondary N) is 2. The fourth-order valence-electron chi connectivity index (χ4n) is 3.54. The van der Waals surface area contributed by atoms with Crippen LogP contribution in [0.5, 0.6) is 0 Å². The first kappa shape index (κ1) is 17.3. The molecule has 3 rings (SSSR count). The molecule has 1 amide bonds. The van der Waals surface area contributed by atoms with Crippen molar-refractivity contribution < 1.29 is 14.7 Å². The maximum Gasteiger partial charge on any atom is 0.326 e. The summed E-state index contributed by atoms with van der Waals surface area (Å²) in [5, 5.41) is 11.7. The van der Waals surface area contributed by atoms with E-state index >= 15 is 0 Å². The van der Waals surface area contributed by atoms with Crippen molar-refractivity contribution in [1.82, 2.24) is 14.9 Å². The van der Waals surface area contributed by atoms with Gasteiger partial charge in [-0.2, -0.15) is 0 Å². The van der Waals surface area contributed by atoms with Crippen LogP contribution in [-0.4, -0.2) is 32.6 Å². The Kier molecular flexibility index (Phi) is 4.65. The molecule has 3 N–H and O–H groups in total. The fourth-order valence-corrected chi connectivity index (χ4v) is 3.54. The number of hydrogen-bond donors (Lipinski definition) is 3. The number of carbonyl (C=O) groups excluding carboxylic acids is 1. The van der Waals surface area contributed by atoms with Crippen LogP contribution in [0.1, 0.15) is 55.9 Å². The number of benzene rings is 1. The number of amides is 1. The number of carbonyl (C=O) groups is 2. The minimum Gasteiger partial charge on any atom is -0.480 e. The lowest BCUT2D eigenvalue weighted by Crippen LogP contribution is -2.44. The summed E-state index contributed by atoms with van der Waals surface area (Å²) in [6, 6.07) is 4.25. The van der Waals surface area contributed by atoms with Crippen LogP contribution >= 0.6 is 0 Å². The van der Waals surface area contributed by atoms with Crippen molar-refractivity contribution in [2.45, 2.75) is 51.6 Å². The minimum absolute atomic E-state index is 0.162. The van der Waals surface area contributed by atoms with Crippen LogP contribution in [0.3, 0.4) is 0 Å². The van der Waals surface area contributed by atoms with Crippen molar-refractivity contribution in [2.75, 3.05) is 0 Å². The van der Waals surface area contributed by atoms with Crippen LogP contribution < -0.4 is 11.0 Å². The normalized spacial score (nSPS) is 16.4. The Morgan fingerprint density at radius 3 is 2.56 bits per heavy atom. The zero-order valence-corrected chi connectivity index (χ0v) is 14.4. The smallest absolute Gasteiger partial charge is 0.326 e. The lowest BCUT2D eigenvalue weighted by Gasteiger charge is -2.18. The van der Waals surface area contributed by atoms with Crippen LogP contribution in [0.15, 0.2) is 23.0 Å². The molecular formula is C18H23N3O4. The maximum atomic E-state index is 12.4. The molecule has 1 aliphatic carbocycles. The molecule has 134 valence electrons. The molecule has 1 atom stereocenters. The number of fused-ring (bicyclic) bond motifs is 1. The first-order valence-electron chi connectivity index (χ1n) is 8.66. The Labute approximate surface area is 145 Å². The standard InChI is InChI=1S/C18H23N3O4/c1-10(2)15(17(23)24)20-16(22)11-7-8-14-13(9-11)19-18(25)21(14)12-5-3-4-6-12/h7-10,12,15H,3-6H2,1-2H3,(H,19,25)(H,20,22)(H,23,24)/t15-/m0/s1. The maximum absolute atomic E-state index is 12.4. The number of hydrogen-bond acceptors (Lipinski definition) is 3. The number of imidazole rings is 1. The molecule has 0 saturated heterocycles. The molecule has 0 radical (unpaired) electrons. The van der Waals surface area contributed by atoms with Gasteiger partial charge >= 0.3 is 11.7 Å². The molecule has 0 unspecified atom stereocenters. The SMILES string of the molecule is CC(C)[C@H](NC(=O)c1ccc2c(c1)[nH]c(=O)n2C1CCCC1)C(=O)O. The number of rotatable bonds is 5. The van der Waals surface area contributed by atoms with Crippen molar-refractivity contribution in [3.63, 3.8) is 0 Å². The van der Waals surface area contributed by atoms with Crippen molar-refractivity contribution in [3.8, 4) is 0 Å². The summed E-state index contributed by atoms with van der Waals surface area (Å²) in [5.41, 5.74) is 1.55. The summed E-state index contributed by atoms with van der Waals surface area (Å²) in [7, 11) is 0. The van der Waals surface area contributed by atoms with Crippen molar-refractivity contribution in [2.24, 2.45) is 5.92 Å². The van der Waals surface area contributed by atoms with E-state index in [9.17, 15) is 19.5 Å². The van der Waals surface area contributed by atoms with Gasteiger partial charge in [0.15, 0.2) is 0 Å². The third-order valence-corrected chi connectivity index (χ3v) is 4.89. The predicted molar refractivity (Wildman–Crippen MR) is 93.8 cm³/mol. The molecule has 1 aromatic heterocycles. The number of aromatic amines is 1. The van der Waals surface area contributed by atoms with Crippen LogP contribution in [-0.2, 0) is 4.79 Å². The molecular weight excluding hydrogens is 322 g/mol. The molecule has 0 bridgehead atoms. The number of aliphatic carboxylic acids is 1. The summed E-state index contributed by atoms with van der Waals surface area (Å²) >= 11 is 0. The average Bonchev–Trinajstić information content (AvgIpc) is 3.17. The van der Waals surface area contributed by atoms with E-state index in [1.54, 1.807) is 36.6 Å². The summed E-state index contributed by atoms with van der Waals surface area (Å²) < 4.78 is 1.78. The van der Waals surface area contributed by atoms with Crippen molar-refractivity contribution >= 4 is 22.9 Å². The quantitative estimate of drug-likeness (QED) is 0.773. The molecule has 2 aromatic rings. The van der Waals surface area contributed by atoms with Gasteiger partial charge in [0, 0.05) is 11.6 Å². The number of carboxylic acid groups (broad SMARTS) is 1. The van der Waals surface area contributed by atoms with Gasteiger partial charge in [-0.1, -0.05) is 26.7 Å². The molecule has 1 aromatic carbocycles. The molecule has 7 nitrogen and oxygen atoms in total. The van der Waals surface area contributed by atoms with Gasteiger partial charge < -0.3 is 15.4 Å². The van der Waals surface area contributed by atoms with Gasteiger partial charge in [-0.15, -0.1) is 0 Å². The predicted octanol–water partition coefficient (Wildman–Crippen LogP) is 2.28. The molecule has 25 heavy (non-hydrogen) atoms. The number of aromatic nitrogens is 2. The topological polar surface area (TPSA) is 104 Å². The second kappa shape index (κ2) is 6.74. The highest BCUT2D eigenvalue weighted by atomic mass is 16.4. The highest BCUT2D eigenvalue weighted by Gasteiger charge is 2.25. The Morgan fingerprint density at radius 2 is 1.96 bits per heavy atom. The van der Waals surface area contributed by atoms with Gasteiger partial charge in [-0.25, -0.2) is 9.59 Å².